The highest BCUT2D eigenvalue weighted by molar-refractivity contribution is 6.35. The van der Waals surface area contributed by atoms with E-state index >= 15 is 0 Å². The number of hydrogen-bond acceptors (Lipinski definition) is 4. The van der Waals surface area contributed by atoms with Crippen LogP contribution in [0.2, 0.25) is 5.02 Å². The van der Waals surface area contributed by atoms with Crippen molar-refractivity contribution in [3.05, 3.63) is 105 Å². The maximum atomic E-state index is 13.7. The predicted octanol–water partition coefficient (Wildman–Crippen LogP) is 5.61. The Hall–Kier alpha value is -3.97. The first-order valence-corrected chi connectivity index (χ1v) is 12.2. The van der Waals surface area contributed by atoms with Gasteiger partial charge < -0.3 is 5.32 Å². The molecule has 1 amide bonds. The van der Waals surface area contributed by atoms with Crippen molar-refractivity contribution >= 4 is 33.9 Å². The zero-order valence-corrected chi connectivity index (χ0v) is 21.2. The van der Waals surface area contributed by atoms with Crippen LogP contribution in [-0.4, -0.2) is 25.1 Å². The Bertz CT molecular complexity index is 1670. The lowest BCUT2D eigenvalue weighted by Gasteiger charge is -2.21. The first-order valence-electron chi connectivity index (χ1n) is 11.8. The molecule has 0 fully saturated rings. The van der Waals surface area contributed by atoms with Crippen LogP contribution in [0.1, 0.15) is 60.2 Å². The van der Waals surface area contributed by atoms with Crippen molar-refractivity contribution in [3.63, 3.8) is 0 Å². The number of aromatic nitrogens is 4. The van der Waals surface area contributed by atoms with Gasteiger partial charge >= 0.3 is 0 Å². The molecule has 0 aliphatic rings. The summed E-state index contributed by atoms with van der Waals surface area (Å²) in [6.45, 7) is 7.80. The van der Waals surface area contributed by atoms with E-state index in [4.69, 9.17) is 11.6 Å². The normalized spacial score (nSPS) is 12.4. The molecule has 8 heteroatoms. The maximum Gasteiger partial charge on any atom is 0.264 e. The Kier molecular flexibility index (Phi) is 6.10. The van der Waals surface area contributed by atoms with Crippen LogP contribution >= 0.6 is 11.6 Å². The molecular formula is C28H26ClN5O2. The molecule has 5 aromatic rings. The minimum atomic E-state index is -0.503. The second-order valence-electron chi connectivity index (χ2n) is 9.16. The molecule has 1 N–H and O–H groups in total. The summed E-state index contributed by atoms with van der Waals surface area (Å²) in [5.74, 6) is -0.0870. The van der Waals surface area contributed by atoms with Gasteiger partial charge in [0, 0.05) is 23.3 Å². The summed E-state index contributed by atoms with van der Waals surface area (Å²) in [6.07, 6.45) is 1.70. The molecule has 5 rings (SSSR count). The van der Waals surface area contributed by atoms with Crippen LogP contribution in [0.15, 0.2) is 71.7 Å². The van der Waals surface area contributed by atoms with Crippen molar-refractivity contribution in [1.29, 1.82) is 0 Å². The summed E-state index contributed by atoms with van der Waals surface area (Å²) in [4.78, 5) is 31.7. The number of amides is 1. The van der Waals surface area contributed by atoms with E-state index in [-0.39, 0.29) is 17.4 Å². The summed E-state index contributed by atoms with van der Waals surface area (Å²) in [7, 11) is 0. The molecule has 3 aromatic heterocycles. The van der Waals surface area contributed by atoms with E-state index < -0.39 is 6.04 Å². The van der Waals surface area contributed by atoms with Gasteiger partial charge in [0.25, 0.3) is 11.5 Å². The molecule has 182 valence electrons. The average molecular weight is 500 g/mol. The smallest absolute Gasteiger partial charge is 0.264 e. The van der Waals surface area contributed by atoms with Crippen LogP contribution in [0.3, 0.4) is 0 Å². The monoisotopic (exact) mass is 499 g/mol. The zero-order chi connectivity index (χ0) is 25.6. The molecule has 7 nitrogen and oxygen atoms in total. The lowest BCUT2D eigenvalue weighted by atomic mass is 10.1. The van der Waals surface area contributed by atoms with E-state index in [2.05, 4.69) is 29.2 Å². The third kappa shape index (κ3) is 3.95. The minimum Gasteiger partial charge on any atom is -0.344 e. The van der Waals surface area contributed by atoms with Gasteiger partial charge in [0.1, 0.15) is 5.56 Å². The highest BCUT2D eigenvalue weighted by Gasteiger charge is 2.24. The summed E-state index contributed by atoms with van der Waals surface area (Å²) in [6, 6.07) is 18.0. The topological polar surface area (TPSA) is 81.3 Å². The average Bonchev–Trinajstić information content (AvgIpc) is 3.20. The van der Waals surface area contributed by atoms with Gasteiger partial charge in [-0.25, -0.2) is 9.50 Å². The third-order valence-corrected chi connectivity index (χ3v) is 6.69. The van der Waals surface area contributed by atoms with Crippen LogP contribution in [0.25, 0.3) is 22.1 Å². The van der Waals surface area contributed by atoms with Gasteiger partial charge in [0.2, 0.25) is 0 Å². The van der Waals surface area contributed by atoms with Crippen LogP contribution in [0.5, 0.6) is 0 Å². The predicted molar refractivity (Wildman–Crippen MR) is 142 cm³/mol. The minimum absolute atomic E-state index is 0.217. The number of carbonyl (C=O) groups excluding carboxylic acids is 1. The highest BCUT2D eigenvalue weighted by Crippen LogP contribution is 2.26. The Labute approximate surface area is 213 Å². The molecular weight excluding hydrogens is 474 g/mol. The van der Waals surface area contributed by atoms with Gasteiger partial charge in [-0.15, -0.1) is 0 Å². The van der Waals surface area contributed by atoms with E-state index in [1.165, 1.54) is 0 Å². The van der Waals surface area contributed by atoms with Gasteiger partial charge in [-0.1, -0.05) is 55.8 Å². The third-order valence-electron chi connectivity index (χ3n) is 6.37. The number of aryl methyl sites for hydroxylation is 1. The summed E-state index contributed by atoms with van der Waals surface area (Å²) >= 11 is 6.41. The number of carbonyl (C=O) groups is 1. The van der Waals surface area contributed by atoms with Crippen LogP contribution in [0.4, 0.5) is 0 Å². The van der Waals surface area contributed by atoms with Gasteiger partial charge in [0.15, 0.2) is 5.65 Å². The number of pyridine rings is 1. The molecule has 2 aromatic carbocycles. The number of benzene rings is 2. The van der Waals surface area contributed by atoms with Crippen molar-refractivity contribution in [2.24, 2.45) is 0 Å². The fraction of sp³-hybridized carbons (Fsp3) is 0.214. The lowest BCUT2D eigenvalue weighted by Crippen LogP contribution is -2.32. The second-order valence-corrected chi connectivity index (χ2v) is 9.57. The van der Waals surface area contributed by atoms with Crippen LogP contribution in [-0.2, 0) is 0 Å². The number of hydrogen-bond donors (Lipinski definition) is 1. The number of fused-ring (bicyclic) bond motifs is 2. The van der Waals surface area contributed by atoms with E-state index in [1.807, 2.05) is 61.5 Å². The van der Waals surface area contributed by atoms with E-state index in [0.29, 0.717) is 44.1 Å². The van der Waals surface area contributed by atoms with Crippen LogP contribution < -0.4 is 10.9 Å². The standard InChI is InChI=1S/C28H26ClN5O2/c1-16(2)22-13-14-30-26-24(18(4)32-34(22)26)27(35)31-17(3)23-15-19-9-8-12-21(29)25(19)28(36)33(23)20-10-6-5-7-11-20/h5-17H,1-4H3,(H,31,35)/t17-/m0/s1. The fourth-order valence-corrected chi connectivity index (χ4v) is 4.88. The molecule has 0 bridgehead atoms. The Morgan fingerprint density at radius 3 is 2.47 bits per heavy atom. The molecule has 0 aliphatic heterocycles. The number of halogens is 1. The summed E-state index contributed by atoms with van der Waals surface area (Å²) in [5, 5.41) is 9.20. The van der Waals surface area contributed by atoms with E-state index in [0.717, 1.165) is 5.69 Å². The molecule has 0 radical (unpaired) electrons. The molecule has 0 unspecified atom stereocenters. The summed E-state index contributed by atoms with van der Waals surface area (Å²) < 4.78 is 3.34. The summed E-state index contributed by atoms with van der Waals surface area (Å²) in [5.41, 5.74) is 3.58. The van der Waals surface area contributed by atoms with Crippen molar-refractivity contribution in [1.82, 2.24) is 24.5 Å². The number of nitrogens with one attached hydrogen (secondary N) is 1. The van der Waals surface area contributed by atoms with Crippen molar-refractivity contribution in [2.75, 3.05) is 0 Å². The quantitative estimate of drug-likeness (QED) is 0.341. The molecule has 36 heavy (non-hydrogen) atoms. The fourth-order valence-electron chi connectivity index (χ4n) is 4.62. The van der Waals surface area contributed by atoms with Crippen LogP contribution in [0, 0.1) is 6.92 Å². The van der Waals surface area contributed by atoms with Gasteiger partial charge in [-0.3, -0.25) is 14.2 Å². The molecule has 0 aliphatic carbocycles. The first-order chi connectivity index (χ1) is 17.3. The Morgan fingerprint density at radius 1 is 1.00 bits per heavy atom. The Balaban J connectivity index is 1.62. The number of rotatable bonds is 5. The van der Waals surface area contributed by atoms with Crippen molar-refractivity contribution < 1.29 is 4.79 Å². The molecule has 0 saturated heterocycles. The van der Waals surface area contributed by atoms with Gasteiger partial charge in [-0.2, -0.15) is 5.10 Å². The Morgan fingerprint density at radius 2 is 1.75 bits per heavy atom. The highest BCUT2D eigenvalue weighted by atomic mass is 35.5. The second kappa shape index (κ2) is 9.24. The van der Waals surface area contributed by atoms with Crippen molar-refractivity contribution in [2.45, 2.75) is 39.7 Å². The maximum absolute atomic E-state index is 13.7. The lowest BCUT2D eigenvalue weighted by molar-refractivity contribution is 0.0939. The largest absolute Gasteiger partial charge is 0.344 e. The van der Waals surface area contributed by atoms with Crippen molar-refractivity contribution in [3.8, 4) is 5.69 Å². The SMILES string of the molecule is Cc1nn2c(C(C)C)ccnc2c1C(=O)N[C@@H](C)c1cc2cccc(Cl)c2c(=O)n1-c1ccccc1. The number of para-hydroxylation sites is 1. The molecule has 0 saturated carbocycles. The van der Waals surface area contributed by atoms with Gasteiger partial charge in [-0.05, 0) is 55.5 Å². The van der Waals surface area contributed by atoms with Gasteiger partial charge in [0.05, 0.1) is 22.1 Å². The molecule has 0 spiro atoms. The first kappa shape index (κ1) is 23.8. The van der Waals surface area contributed by atoms with E-state index in [1.54, 1.807) is 28.3 Å². The number of nitrogens with zero attached hydrogens (tertiary/aromatic N) is 4. The molecule has 1 atom stereocenters. The molecule has 3 heterocycles. The zero-order valence-electron chi connectivity index (χ0n) is 20.5. The van der Waals surface area contributed by atoms with E-state index in [9.17, 15) is 9.59 Å².